The van der Waals surface area contributed by atoms with Gasteiger partial charge in [-0.05, 0) is 67.4 Å². The number of carbonyl (C=O) groups is 1. The van der Waals surface area contributed by atoms with Gasteiger partial charge in [0.1, 0.15) is 5.82 Å². The van der Waals surface area contributed by atoms with Gasteiger partial charge < -0.3 is 9.88 Å². The number of nitrogens with one attached hydrogen (secondary N) is 1. The van der Waals surface area contributed by atoms with Crippen LogP contribution in [0.3, 0.4) is 0 Å². The van der Waals surface area contributed by atoms with Crippen molar-refractivity contribution in [2.24, 2.45) is 0 Å². The van der Waals surface area contributed by atoms with Crippen LogP contribution in [0.25, 0.3) is 5.69 Å². The van der Waals surface area contributed by atoms with Gasteiger partial charge in [0.2, 0.25) is 0 Å². The highest BCUT2D eigenvalue weighted by molar-refractivity contribution is 9.10. The second-order valence-corrected chi connectivity index (χ2v) is 7.01. The Morgan fingerprint density at radius 3 is 2.50 bits per heavy atom. The van der Waals surface area contributed by atoms with Crippen LogP contribution in [0, 0.1) is 20.8 Å². The van der Waals surface area contributed by atoms with Gasteiger partial charge in [-0.25, -0.2) is 9.67 Å². The van der Waals surface area contributed by atoms with Crippen LogP contribution in [0.4, 0.5) is 0 Å². The Labute approximate surface area is 161 Å². The molecular weight excluding hydrogens is 394 g/mol. The Kier molecular flexibility index (Phi) is 5.56. The number of aromatic nitrogens is 4. The quantitative estimate of drug-likeness (QED) is 0.625. The maximum Gasteiger partial charge on any atom is 0.251 e. The zero-order valence-corrected chi connectivity index (χ0v) is 16.7. The van der Waals surface area contributed by atoms with E-state index in [-0.39, 0.29) is 5.91 Å². The highest BCUT2D eigenvalue weighted by Crippen LogP contribution is 2.23. The van der Waals surface area contributed by atoms with Crippen LogP contribution in [-0.2, 0) is 6.54 Å². The van der Waals surface area contributed by atoms with Gasteiger partial charge >= 0.3 is 0 Å². The van der Waals surface area contributed by atoms with Gasteiger partial charge in [-0.3, -0.25) is 4.79 Å². The van der Waals surface area contributed by atoms with Crippen molar-refractivity contribution in [1.82, 2.24) is 24.6 Å². The molecule has 1 amide bonds. The van der Waals surface area contributed by atoms with Crippen molar-refractivity contribution in [1.29, 1.82) is 0 Å². The monoisotopic (exact) mass is 415 g/mol. The first-order valence-electron chi connectivity index (χ1n) is 8.55. The lowest BCUT2D eigenvalue weighted by molar-refractivity contribution is 0.0952. The van der Waals surface area contributed by atoms with Gasteiger partial charge in [0.25, 0.3) is 5.91 Å². The third-order valence-corrected chi connectivity index (χ3v) is 5.51. The van der Waals surface area contributed by atoms with E-state index in [1.165, 1.54) is 0 Å². The standard InChI is InChI=1S/C19H22BrN5O/c1-13-18(20)14(2)25(23-13)17-7-5-16(6-8-17)19(26)22-9-4-11-24-12-10-21-15(24)3/h5-8,10,12H,4,9,11H2,1-3H3,(H,22,26). The number of hydrogen-bond donors (Lipinski definition) is 1. The van der Waals surface area contributed by atoms with E-state index in [2.05, 4.69) is 35.9 Å². The highest BCUT2D eigenvalue weighted by Gasteiger charge is 2.11. The predicted molar refractivity (Wildman–Crippen MR) is 105 cm³/mol. The molecule has 3 aromatic rings. The smallest absolute Gasteiger partial charge is 0.251 e. The summed E-state index contributed by atoms with van der Waals surface area (Å²) in [6.45, 7) is 7.41. The molecule has 1 aromatic carbocycles. The molecule has 0 aliphatic rings. The largest absolute Gasteiger partial charge is 0.352 e. The van der Waals surface area contributed by atoms with Crippen molar-refractivity contribution in [3.8, 4) is 5.69 Å². The summed E-state index contributed by atoms with van der Waals surface area (Å²) >= 11 is 3.54. The molecule has 2 aromatic heterocycles. The number of imidazole rings is 1. The van der Waals surface area contributed by atoms with Gasteiger partial charge in [-0.15, -0.1) is 0 Å². The third kappa shape index (κ3) is 3.88. The van der Waals surface area contributed by atoms with E-state index in [9.17, 15) is 4.79 Å². The van der Waals surface area contributed by atoms with E-state index in [1.54, 1.807) is 6.20 Å². The van der Waals surface area contributed by atoms with Gasteiger partial charge in [0.15, 0.2) is 0 Å². The average Bonchev–Trinajstić information content (AvgIpc) is 3.17. The number of hydrogen-bond acceptors (Lipinski definition) is 3. The second-order valence-electron chi connectivity index (χ2n) is 6.22. The van der Waals surface area contributed by atoms with Crippen molar-refractivity contribution in [2.75, 3.05) is 6.54 Å². The van der Waals surface area contributed by atoms with Crippen molar-refractivity contribution >= 4 is 21.8 Å². The van der Waals surface area contributed by atoms with Crippen LogP contribution in [-0.4, -0.2) is 31.8 Å². The minimum absolute atomic E-state index is 0.0616. The lowest BCUT2D eigenvalue weighted by Gasteiger charge is -2.08. The van der Waals surface area contributed by atoms with Gasteiger partial charge in [-0.1, -0.05) is 0 Å². The zero-order chi connectivity index (χ0) is 18.7. The van der Waals surface area contributed by atoms with Crippen molar-refractivity contribution < 1.29 is 4.79 Å². The molecule has 3 rings (SSSR count). The normalized spacial score (nSPS) is 10.9. The Balaban J connectivity index is 1.57. The zero-order valence-electron chi connectivity index (χ0n) is 15.2. The molecule has 1 N–H and O–H groups in total. The van der Waals surface area contributed by atoms with E-state index in [1.807, 2.05) is 55.9 Å². The Morgan fingerprint density at radius 1 is 1.19 bits per heavy atom. The number of nitrogens with zero attached hydrogens (tertiary/aromatic N) is 4. The maximum atomic E-state index is 12.3. The van der Waals surface area contributed by atoms with Crippen LogP contribution in [0.5, 0.6) is 0 Å². The molecule has 0 fully saturated rings. The summed E-state index contributed by atoms with van der Waals surface area (Å²) in [5.41, 5.74) is 3.56. The van der Waals surface area contributed by atoms with E-state index in [0.717, 1.165) is 40.3 Å². The number of carbonyl (C=O) groups excluding carboxylic acids is 1. The molecular formula is C19H22BrN5O. The Bertz CT molecular complexity index is 911. The molecule has 0 spiro atoms. The summed E-state index contributed by atoms with van der Waals surface area (Å²) in [5.74, 6) is 0.927. The highest BCUT2D eigenvalue weighted by atomic mass is 79.9. The summed E-state index contributed by atoms with van der Waals surface area (Å²) in [7, 11) is 0. The van der Waals surface area contributed by atoms with Gasteiger partial charge in [0, 0.05) is 31.0 Å². The molecule has 0 saturated heterocycles. The fraction of sp³-hybridized carbons (Fsp3) is 0.316. The number of rotatable bonds is 6. The van der Waals surface area contributed by atoms with Crippen LogP contribution < -0.4 is 5.32 Å². The average molecular weight is 416 g/mol. The van der Waals surface area contributed by atoms with E-state index < -0.39 is 0 Å². The number of amides is 1. The van der Waals surface area contributed by atoms with Crippen molar-refractivity contribution in [3.05, 3.63) is 63.9 Å². The molecule has 0 aliphatic carbocycles. The van der Waals surface area contributed by atoms with E-state index in [4.69, 9.17) is 0 Å². The molecule has 0 atom stereocenters. The molecule has 26 heavy (non-hydrogen) atoms. The first kappa shape index (κ1) is 18.4. The van der Waals surface area contributed by atoms with Crippen LogP contribution in [0.2, 0.25) is 0 Å². The minimum Gasteiger partial charge on any atom is -0.352 e. The first-order valence-corrected chi connectivity index (χ1v) is 9.35. The maximum absolute atomic E-state index is 12.3. The summed E-state index contributed by atoms with van der Waals surface area (Å²) < 4.78 is 4.95. The molecule has 0 radical (unpaired) electrons. The van der Waals surface area contributed by atoms with Gasteiger partial charge in [0.05, 0.1) is 21.5 Å². The third-order valence-electron chi connectivity index (χ3n) is 4.36. The molecule has 2 heterocycles. The van der Waals surface area contributed by atoms with Crippen LogP contribution in [0.1, 0.15) is 34.0 Å². The predicted octanol–water partition coefficient (Wildman–Crippen LogP) is 3.58. The number of halogens is 1. The lowest BCUT2D eigenvalue weighted by Crippen LogP contribution is -2.25. The fourth-order valence-electron chi connectivity index (χ4n) is 2.82. The van der Waals surface area contributed by atoms with Crippen molar-refractivity contribution in [2.45, 2.75) is 33.7 Å². The summed E-state index contributed by atoms with van der Waals surface area (Å²) in [4.78, 5) is 16.5. The Hall–Kier alpha value is -2.41. The number of benzene rings is 1. The Morgan fingerprint density at radius 2 is 1.92 bits per heavy atom. The van der Waals surface area contributed by atoms with Gasteiger partial charge in [-0.2, -0.15) is 5.10 Å². The summed E-state index contributed by atoms with van der Waals surface area (Å²) in [6.07, 6.45) is 4.60. The summed E-state index contributed by atoms with van der Waals surface area (Å²) in [6, 6.07) is 7.48. The molecule has 6 nitrogen and oxygen atoms in total. The second kappa shape index (κ2) is 7.86. The molecule has 0 bridgehead atoms. The molecule has 0 saturated carbocycles. The first-order chi connectivity index (χ1) is 12.5. The van der Waals surface area contributed by atoms with Crippen molar-refractivity contribution in [3.63, 3.8) is 0 Å². The topological polar surface area (TPSA) is 64.7 Å². The summed E-state index contributed by atoms with van der Waals surface area (Å²) in [5, 5.41) is 7.47. The van der Waals surface area contributed by atoms with E-state index in [0.29, 0.717) is 12.1 Å². The van der Waals surface area contributed by atoms with Crippen LogP contribution in [0.15, 0.2) is 41.1 Å². The molecule has 7 heteroatoms. The fourth-order valence-corrected chi connectivity index (χ4v) is 3.07. The molecule has 136 valence electrons. The SMILES string of the molecule is Cc1nn(-c2ccc(C(=O)NCCCn3ccnc3C)cc2)c(C)c1Br. The van der Waals surface area contributed by atoms with Crippen LogP contribution >= 0.6 is 15.9 Å². The molecule has 0 unspecified atom stereocenters. The minimum atomic E-state index is -0.0616. The van der Waals surface area contributed by atoms with E-state index >= 15 is 0 Å². The molecule has 0 aliphatic heterocycles. The number of aryl methyl sites for hydroxylation is 3. The lowest BCUT2D eigenvalue weighted by atomic mass is 10.2.